The molecule has 0 saturated carbocycles. The molecule has 1 aliphatic heterocycles. The van der Waals surface area contributed by atoms with Crippen LogP contribution < -0.4 is 39.2 Å². The number of anilines is 2. The van der Waals surface area contributed by atoms with Gasteiger partial charge < -0.3 is 9.29 Å². The molecule has 5 nitrogen and oxygen atoms in total. The SMILES string of the molecule is C/C=C/C(C)=C(/N1c2ccccc2Oc2ccccc21)S(=O)(=O)[O-].[Na+]. The number of rotatable bonds is 3. The Morgan fingerprint density at radius 3 is 1.96 bits per heavy atom. The molecule has 0 aliphatic carbocycles. The van der Waals surface area contributed by atoms with Gasteiger partial charge >= 0.3 is 29.6 Å². The maximum Gasteiger partial charge on any atom is 1.00 e. The van der Waals surface area contributed by atoms with Crippen LogP contribution in [0.1, 0.15) is 13.8 Å². The van der Waals surface area contributed by atoms with E-state index >= 15 is 0 Å². The molecule has 3 rings (SSSR count). The van der Waals surface area contributed by atoms with Gasteiger partial charge in [-0.25, -0.2) is 8.42 Å². The normalized spacial score (nSPS) is 14.1. The molecule has 0 amide bonds. The minimum atomic E-state index is -4.72. The number of nitrogens with zero attached hydrogens (tertiary/aromatic N) is 1. The minimum absolute atomic E-state index is 0. The van der Waals surface area contributed by atoms with Gasteiger partial charge in [-0.1, -0.05) is 36.4 Å². The van der Waals surface area contributed by atoms with Gasteiger partial charge in [0, 0.05) is 0 Å². The summed E-state index contributed by atoms with van der Waals surface area (Å²) in [5, 5.41) is -0.302. The van der Waals surface area contributed by atoms with Crippen LogP contribution in [0.3, 0.4) is 0 Å². The average Bonchev–Trinajstić information content (AvgIpc) is 2.53. The number of allylic oxidation sites excluding steroid dienone is 3. The first-order valence-corrected chi connectivity index (χ1v) is 8.80. The van der Waals surface area contributed by atoms with E-state index in [-0.39, 0.29) is 34.6 Å². The number of ether oxygens (including phenoxy) is 1. The van der Waals surface area contributed by atoms with E-state index in [4.69, 9.17) is 4.74 Å². The molecule has 25 heavy (non-hydrogen) atoms. The second kappa shape index (κ2) is 7.76. The summed E-state index contributed by atoms with van der Waals surface area (Å²) in [5.41, 5.74) is 1.38. The predicted molar refractivity (Wildman–Crippen MR) is 92.3 cm³/mol. The largest absolute Gasteiger partial charge is 1.00 e. The second-order valence-corrected chi connectivity index (χ2v) is 6.61. The Kier molecular flexibility index (Phi) is 6.13. The van der Waals surface area contributed by atoms with E-state index in [0.29, 0.717) is 28.4 Å². The van der Waals surface area contributed by atoms with Crippen LogP contribution in [0.2, 0.25) is 0 Å². The smallest absolute Gasteiger partial charge is 0.743 e. The summed E-state index contributed by atoms with van der Waals surface area (Å²) in [6, 6.07) is 14.0. The van der Waals surface area contributed by atoms with Crippen LogP contribution in [-0.4, -0.2) is 13.0 Å². The predicted octanol–water partition coefficient (Wildman–Crippen LogP) is 1.29. The molecule has 124 valence electrons. The Morgan fingerprint density at radius 2 is 1.52 bits per heavy atom. The summed E-state index contributed by atoms with van der Waals surface area (Å²) in [6.45, 7) is 3.37. The minimum Gasteiger partial charge on any atom is -0.743 e. The van der Waals surface area contributed by atoms with E-state index in [0.717, 1.165) is 0 Å². The van der Waals surface area contributed by atoms with Crippen LogP contribution in [-0.2, 0) is 10.1 Å². The van der Waals surface area contributed by atoms with Gasteiger partial charge in [0.15, 0.2) is 11.5 Å². The third-order valence-corrected chi connectivity index (χ3v) is 4.60. The third kappa shape index (κ3) is 3.83. The summed E-state index contributed by atoms with van der Waals surface area (Å²) < 4.78 is 41.9. The molecule has 1 aliphatic rings. The Hall–Kier alpha value is -1.57. The zero-order chi connectivity index (χ0) is 17.3. The summed E-state index contributed by atoms with van der Waals surface area (Å²) in [4.78, 5) is 1.45. The van der Waals surface area contributed by atoms with Crippen LogP contribution in [0.25, 0.3) is 0 Å². The fourth-order valence-corrected chi connectivity index (χ4v) is 3.61. The molecule has 0 saturated heterocycles. The van der Waals surface area contributed by atoms with E-state index in [9.17, 15) is 13.0 Å². The van der Waals surface area contributed by atoms with Gasteiger partial charge in [-0.05, 0) is 43.7 Å². The van der Waals surface area contributed by atoms with Crippen LogP contribution in [0, 0.1) is 0 Å². The maximum atomic E-state index is 12.0. The van der Waals surface area contributed by atoms with Gasteiger partial charge in [0.25, 0.3) is 0 Å². The van der Waals surface area contributed by atoms with Crippen molar-refractivity contribution in [3.8, 4) is 11.5 Å². The van der Waals surface area contributed by atoms with E-state index in [1.807, 2.05) is 0 Å². The Bertz CT molecular complexity index is 906. The molecule has 0 N–H and O–H groups in total. The number of para-hydroxylation sites is 4. The van der Waals surface area contributed by atoms with Crippen molar-refractivity contribution in [2.75, 3.05) is 4.90 Å². The van der Waals surface area contributed by atoms with Gasteiger partial charge in [0.05, 0.1) is 11.4 Å². The zero-order valence-electron chi connectivity index (χ0n) is 14.3. The zero-order valence-corrected chi connectivity index (χ0v) is 17.1. The first-order valence-electron chi connectivity index (χ1n) is 7.39. The van der Waals surface area contributed by atoms with Crippen molar-refractivity contribution >= 4 is 21.5 Å². The molecule has 0 radical (unpaired) electrons. The van der Waals surface area contributed by atoms with Crippen LogP contribution in [0.15, 0.2) is 71.3 Å². The van der Waals surface area contributed by atoms with E-state index in [1.54, 1.807) is 74.5 Å². The molecule has 0 unspecified atom stereocenters. The molecule has 0 atom stereocenters. The van der Waals surface area contributed by atoms with E-state index < -0.39 is 10.1 Å². The van der Waals surface area contributed by atoms with Crippen molar-refractivity contribution in [3.63, 3.8) is 0 Å². The second-order valence-electron chi connectivity index (χ2n) is 5.32. The number of hydrogen-bond donors (Lipinski definition) is 0. The van der Waals surface area contributed by atoms with Gasteiger partial charge in [-0.3, -0.25) is 4.90 Å². The summed E-state index contributed by atoms with van der Waals surface area (Å²) in [6.07, 6.45) is 3.30. The molecule has 0 spiro atoms. The third-order valence-electron chi connectivity index (χ3n) is 3.63. The van der Waals surface area contributed by atoms with E-state index in [2.05, 4.69) is 0 Å². The Balaban J connectivity index is 0.00000225. The fraction of sp³-hybridized carbons (Fsp3) is 0.111. The molecule has 0 bridgehead atoms. The molecule has 2 aromatic carbocycles. The van der Waals surface area contributed by atoms with E-state index in [1.165, 1.54) is 4.90 Å². The molecule has 2 aromatic rings. The van der Waals surface area contributed by atoms with Crippen LogP contribution in [0.4, 0.5) is 11.4 Å². The standard InChI is InChI=1S/C18H17NO4S.Na/c1-3-8-13(2)18(24(20,21)22)19-14-9-4-6-11-16(14)23-17-12-7-5-10-15(17)19;/h3-12H,1-2H3,(H,20,21,22);/q;+1/p-1/b8-3+,18-13-;. The molecule has 1 heterocycles. The number of hydrogen-bond acceptors (Lipinski definition) is 5. The summed E-state index contributed by atoms with van der Waals surface area (Å²) >= 11 is 0. The van der Waals surface area contributed by atoms with Crippen molar-refractivity contribution in [2.24, 2.45) is 0 Å². The van der Waals surface area contributed by atoms with Crippen molar-refractivity contribution < 1.29 is 47.3 Å². The monoisotopic (exact) mass is 365 g/mol. The van der Waals surface area contributed by atoms with Gasteiger partial charge in [-0.2, -0.15) is 0 Å². The average molecular weight is 365 g/mol. The Morgan fingerprint density at radius 1 is 1.04 bits per heavy atom. The first-order chi connectivity index (χ1) is 11.4. The van der Waals surface area contributed by atoms with Crippen molar-refractivity contribution in [1.29, 1.82) is 0 Å². The van der Waals surface area contributed by atoms with Crippen LogP contribution >= 0.6 is 0 Å². The quantitative estimate of drug-likeness (QED) is 0.466. The molecular weight excluding hydrogens is 349 g/mol. The van der Waals surface area contributed by atoms with Crippen LogP contribution in [0.5, 0.6) is 11.5 Å². The Labute approximate surface area is 169 Å². The van der Waals surface area contributed by atoms with Crippen molar-refractivity contribution in [1.82, 2.24) is 0 Å². The molecular formula is C18H16NNaO4S. The molecule has 0 aromatic heterocycles. The van der Waals surface area contributed by atoms with Crippen molar-refractivity contribution in [2.45, 2.75) is 13.8 Å². The maximum absolute atomic E-state index is 12.0. The summed E-state index contributed by atoms with van der Waals surface area (Å²) in [5.74, 6) is 0.983. The fourth-order valence-electron chi connectivity index (χ4n) is 2.73. The van der Waals surface area contributed by atoms with Crippen molar-refractivity contribution in [3.05, 3.63) is 71.3 Å². The first kappa shape index (κ1) is 19.8. The van der Waals surface area contributed by atoms with Gasteiger partial charge in [-0.15, -0.1) is 0 Å². The van der Waals surface area contributed by atoms with Gasteiger partial charge in [0.2, 0.25) is 0 Å². The number of fused-ring (bicyclic) bond motifs is 2. The summed E-state index contributed by atoms with van der Waals surface area (Å²) in [7, 11) is -4.72. The molecule has 7 heteroatoms. The number of benzene rings is 2. The topological polar surface area (TPSA) is 69.7 Å². The van der Waals surface area contributed by atoms with Gasteiger partial charge in [0.1, 0.15) is 15.1 Å². The molecule has 0 fully saturated rings.